The molecule has 0 radical (unpaired) electrons. The number of aldehydes is 1. The summed E-state index contributed by atoms with van der Waals surface area (Å²) in [6.45, 7) is 0. The second-order valence-corrected chi connectivity index (χ2v) is 2.53. The summed E-state index contributed by atoms with van der Waals surface area (Å²) in [4.78, 5) is 9.44. The Morgan fingerprint density at radius 1 is 2.00 bits per heavy atom. The van der Waals surface area contributed by atoms with E-state index in [-0.39, 0.29) is 20.4 Å². The summed E-state index contributed by atoms with van der Waals surface area (Å²) in [5, 5.41) is 2.12. The van der Waals surface area contributed by atoms with E-state index in [9.17, 15) is 4.79 Å². The van der Waals surface area contributed by atoms with Gasteiger partial charge in [0.1, 0.15) is 0 Å². The van der Waals surface area contributed by atoms with Crippen molar-refractivity contribution in [1.29, 1.82) is 0 Å². The van der Waals surface area contributed by atoms with Gasteiger partial charge in [-0.25, -0.2) is 0 Å². The van der Waals surface area contributed by atoms with Gasteiger partial charge < -0.3 is 4.79 Å². The van der Waals surface area contributed by atoms with Crippen LogP contribution in [-0.4, -0.2) is 26.7 Å². The molecule has 26 valence electrons. The molecule has 0 spiro atoms. The predicted octanol–water partition coefficient (Wildman–Crippen LogP) is 0.356. The third-order valence-electron chi connectivity index (χ3n) is 0.407. The molecule has 0 aromatic carbocycles. The molecular formula is C3H6MgO. The first-order valence-corrected chi connectivity index (χ1v) is 4.27. The molecule has 0 fully saturated rings. The van der Waals surface area contributed by atoms with E-state index in [4.69, 9.17) is 0 Å². The van der Waals surface area contributed by atoms with Crippen LogP contribution in [0, 0.1) is 0 Å². The van der Waals surface area contributed by atoms with E-state index in [1.807, 2.05) is 0 Å². The van der Waals surface area contributed by atoms with Crippen molar-refractivity contribution >= 4 is 26.7 Å². The maximum atomic E-state index is 9.44. The van der Waals surface area contributed by atoms with Crippen molar-refractivity contribution in [1.82, 2.24) is 0 Å². The second-order valence-electron chi connectivity index (χ2n) is 0.955. The van der Waals surface area contributed by atoms with Gasteiger partial charge >= 0.3 is 20.4 Å². The Bertz CT molecular complexity index is 28.1. The normalized spacial score (nSPS) is 5.80. The fourth-order valence-electron chi connectivity index (χ4n) is 0.118. The van der Waals surface area contributed by atoms with E-state index in [0.717, 1.165) is 10.8 Å². The van der Waals surface area contributed by atoms with Gasteiger partial charge in [-0.05, 0) is 0 Å². The van der Waals surface area contributed by atoms with E-state index >= 15 is 0 Å². The predicted molar refractivity (Wildman–Crippen MR) is 22.5 cm³/mol. The molecule has 0 heterocycles. The highest BCUT2D eigenvalue weighted by Gasteiger charge is 1.76. The number of hydrogen-bond acceptors (Lipinski definition) is 1. The third-order valence-corrected chi connectivity index (χ3v) is 1.22. The summed E-state index contributed by atoms with van der Waals surface area (Å²) in [6.07, 6.45) is 0.992. The first kappa shape index (κ1) is 5.44. The van der Waals surface area contributed by atoms with Crippen LogP contribution in [0.15, 0.2) is 0 Å². The molecule has 1 nitrogen and oxygen atoms in total. The molecule has 0 aliphatic rings. The van der Waals surface area contributed by atoms with Gasteiger partial charge in [0.25, 0.3) is 0 Å². The Morgan fingerprint density at radius 2 is 2.60 bits per heavy atom. The van der Waals surface area contributed by atoms with Crippen molar-refractivity contribution in [3.05, 3.63) is 0 Å². The Morgan fingerprint density at radius 3 is 2.60 bits per heavy atom. The summed E-state index contributed by atoms with van der Waals surface area (Å²) in [5.41, 5.74) is 0. The van der Waals surface area contributed by atoms with E-state index in [2.05, 4.69) is 5.05 Å². The minimum Gasteiger partial charge on any atom is -0.306 e. The molecule has 0 unspecified atom stereocenters. The van der Waals surface area contributed by atoms with Crippen molar-refractivity contribution < 1.29 is 4.79 Å². The molecule has 0 aliphatic carbocycles. The third kappa shape index (κ3) is 4.44. The Hall–Kier alpha value is 0.436. The van der Waals surface area contributed by atoms with Gasteiger partial charge in [0.2, 0.25) is 0 Å². The molecule has 5 heavy (non-hydrogen) atoms. The quantitative estimate of drug-likeness (QED) is 0.347. The number of rotatable bonds is 2. The summed E-state index contributed by atoms with van der Waals surface area (Å²) in [5.74, 6) is 0. The first-order chi connectivity index (χ1) is 2.41. The first-order valence-electron chi connectivity index (χ1n) is 1.85. The van der Waals surface area contributed by atoms with Crippen LogP contribution in [0.3, 0.4) is 0 Å². The van der Waals surface area contributed by atoms with Crippen LogP contribution in [0.5, 0.6) is 0 Å². The van der Waals surface area contributed by atoms with Crippen LogP contribution >= 0.6 is 0 Å². The average Bonchev–Trinajstić information content (AvgIpc) is 1.41. The fourth-order valence-corrected chi connectivity index (χ4v) is 0.354. The molecule has 0 rings (SSSR count). The van der Waals surface area contributed by atoms with Gasteiger partial charge in [0.05, 0.1) is 6.29 Å². The van der Waals surface area contributed by atoms with Gasteiger partial charge in [0.15, 0.2) is 0 Å². The van der Waals surface area contributed by atoms with E-state index < -0.39 is 0 Å². The van der Waals surface area contributed by atoms with Gasteiger partial charge in [0, 0.05) is 0 Å². The summed E-state index contributed by atoms with van der Waals surface area (Å²) >= 11 is 0.0459. The summed E-state index contributed by atoms with van der Waals surface area (Å²) < 4.78 is 0.847. The molecular weight excluding hydrogens is 76.3 g/mol. The minimum atomic E-state index is 0.0459. The monoisotopic (exact) mass is 82.0 g/mol. The molecule has 0 aromatic rings. The standard InChI is InChI=1S/C2H3O.CH3.Mg/c1-2-3;;/h2H,1H2;1H3;. The van der Waals surface area contributed by atoms with Crippen LogP contribution in [0.1, 0.15) is 0 Å². The van der Waals surface area contributed by atoms with Crippen molar-refractivity contribution in [3.8, 4) is 0 Å². The van der Waals surface area contributed by atoms with Crippen LogP contribution < -0.4 is 0 Å². The lowest BCUT2D eigenvalue weighted by Crippen LogP contribution is -1.77. The van der Waals surface area contributed by atoms with Crippen LogP contribution in [0.25, 0.3) is 0 Å². The van der Waals surface area contributed by atoms with Crippen LogP contribution in [0.4, 0.5) is 0 Å². The number of carbonyl (C=O) groups is 1. The smallest absolute Gasteiger partial charge is 0.306 e. The van der Waals surface area contributed by atoms with E-state index in [1.165, 1.54) is 0 Å². The van der Waals surface area contributed by atoms with E-state index in [1.54, 1.807) is 0 Å². The van der Waals surface area contributed by atoms with Gasteiger partial charge in [-0.2, -0.15) is 5.05 Å². The highest BCUT2D eigenvalue weighted by atomic mass is 24.5. The number of carbonyl (C=O) groups excluding carboxylic acids is 1. The molecule has 0 N–H and O–H groups in total. The highest BCUT2D eigenvalue weighted by Crippen LogP contribution is 1.62. The Kier molecular flexibility index (Phi) is 4.82. The van der Waals surface area contributed by atoms with Crippen molar-refractivity contribution in [2.75, 3.05) is 0 Å². The molecule has 0 aliphatic heterocycles. The maximum Gasteiger partial charge on any atom is 0.371 e. The maximum absolute atomic E-state index is 9.44. The average molecular weight is 82.4 g/mol. The van der Waals surface area contributed by atoms with E-state index in [0.29, 0.717) is 0 Å². The zero-order valence-electron chi connectivity index (χ0n) is 3.40. The SMILES string of the molecule is [CH3][Mg][CH2]C=O. The van der Waals surface area contributed by atoms with Gasteiger partial charge in [-0.3, -0.25) is 0 Å². The largest absolute Gasteiger partial charge is 0.371 e. The molecule has 0 saturated heterocycles. The molecule has 0 saturated carbocycles. The lowest BCUT2D eigenvalue weighted by molar-refractivity contribution is -0.106. The summed E-state index contributed by atoms with van der Waals surface area (Å²) in [7, 11) is 0. The highest BCUT2D eigenvalue weighted by molar-refractivity contribution is 6.37. The molecule has 0 atom stereocenters. The fraction of sp³-hybridized carbons (Fsp3) is 0.667. The molecule has 0 bridgehead atoms. The Balaban J connectivity index is 2.40. The van der Waals surface area contributed by atoms with Gasteiger partial charge in [-0.15, -0.1) is 0 Å². The summed E-state index contributed by atoms with van der Waals surface area (Å²) in [6, 6.07) is 0. The lowest BCUT2D eigenvalue weighted by Gasteiger charge is -1.61. The molecule has 0 aromatic heterocycles. The van der Waals surface area contributed by atoms with Crippen molar-refractivity contribution in [2.24, 2.45) is 0 Å². The van der Waals surface area contributed by atoms with Crippen molar-refractivity contribution in [3.63, 3.8) is 0 Å². The number of hydrogen-bond donors (Lipinski definition) is 0. The zero-order valence-corrected chi connectivity index (χ0v) is 4.81. The molecule has 0 amide bonds. The van der Waals surface area contributed by atoms with Crippen molar-refractivity contribution in [2.45, 2.75) is 9.60 Å². The lowest BCUT2D eigenvalue weighted by atomic mass is 10.9. The van der Waals surface area contributed by atoms with Gasteiger partial charge in [-0.1, -0.05) is 4.55 Å². The van der Waals surface area contributed by atoms with Crippen LogP contribution in [0.2, 0.25) is 9.60 Å². The second kappa shape index (κ2) is 4.44. The Labute approximate surface area is 41.5 Å². The molecule has 2 heteroatoms. The zero-order chi connectivity index (χ0) is 4.12. The minimum absolute atomic E-state index is 0.0459. The van der Waals surface area contributed by atoms with Crippen LogP contribution in [-0.2, 0) is 4.79 Å². The topological polar surface area (TPSA) is 17.1 Å².